The number of alkyl halides is 3. The van der Waals surface area contributed by atoms with Crippen LogP contribution in [-0.4, -0.2) is 38.2 Å². The molecule has 3 aromatic rings. The predicted octanol–water partition coefficient (Wildman–Crippen LogP) is 6.16. The summed E-state index contributed by atoms with van der Waals surface area (Å²) in [7, 11) is 3.05. The highest BCUT2D eigenvalue weighted by Crippen LogP contribution is 2.40. The van der Waals surface area contributed by atoms with Gasteiger partial charge in [0.15, 0.2) is 11.5 Å². The molecule has 0 saturated heterocycles. The van der Waals surface area contributed by atoms with Crippen LogP contribution >= 0.6 is 0 Å². The van der Waals surface area contributed by atoms with Crippen LogP contribution in [0, 0.1) is 13.8 Å². The van der Waals surface area contributed by atoms with E-state index in [4.69, 9.17) is 14.2 Å². The third-order valence-corrected chi connectivity index (χ3v) is 6.33. The van der Waals surface area contributed by atoms with Gasteiger partial charge in [0, 0.05) is 6.54 Å². The number of carbonyl (C=O) groups is 1. The van der Waals surface area contributed by atoms with Gasteiger partial charge in [0.2, 0.25) is 0 Å². The predicted molar refractivity (Wildman–Crippen MR) is 130 cm³/mol. The molecule has 36 heavy (non-hydrogen) atoms. The Balaban J connectivity index is 1.76. The van der Waals surface area contributed by atoms with Gasteiger partial charge in [0.25, 0.3) is 5.91 Å². The van der Waals surface area contributed by atoms with Crippen molar-refractivity contribution in [2.45, 2.75) is 32.5 Å². The number of halogens is 3. The molecule has 4 rings (SSSR count). The van der Waals surface area contributed by atoms with E-state index in [0.717, 1.165) is 28.3 Å². The molecule has 1 amide bonds. The quantitative estimate of drug-likeness (QED) is 0.408. The molecule has 1 aliphatic rings. The third kappa shape index (κ3) is 5.12. The Hall–Kier alpha value is -3.68. The Morgan fingerprint density at radius 3 is 2.25 bits per heavy atom. The number of rotatable bonds is 6. The molecule has 5 nitrogen and oxygen atoms in total. The van der Waals surface area contributed by atoms with Crippen molar-refractivity contribution >= 4 is 5.91 Å². The van der Waals surface area contributed by atoms with Crippen LogP contribution in [0.3, 0.4) is 0 Å². The molecule has 0 fully saturated rings. The van der Waals surface area contributed by atoms with E-state index >= 15 is 0 Å². The standard InChI is InChI=1S/C28H28F3NO4/c1-17-11-18(2)13-20(12-17)36-16-24-22-15-26(35-4)25(34-3)14-19(22)9-10-32(24)27(33)21-7-5-6-8-23(21)28(29,30)31/h5-8,11-15,24H,9-10,16H2,1-4H3. The minimum Gasteiger partial charge on any atom is -0.493 e. The molecule has 1 heterocycles. The van der Waals surface area contributed by atoms with Crippen LogP contribution in [0.15, 0.2) is 54.6 Å². The first-order valence-electron chi connectivity index (χ1n) is 11.6. The first-order valence-corrected chi connectivity index (χ1v) is 11.6. The van der Waals surface area contributed by atoms with E-state index in [-0.39, 0.29) is 18.7 Å². The van der Waals surface area contributed by atoms with Crippen molar-refractivity contribution in [2.75, 3.05) is 27.4 Å². The zero-order valence-corrected chi connectivity index (χ0v) is 20.6. The Morgan fingerprint density at radius 1 is 0.972 bits per heavy atom. The third-order valence-electron chi connectivity index (χ3n) is 6.33. The first-order chi connectivity index (χ1) is 17.1. The molecule has 0 N–H and O–H groups in total. The summed E-state index contributed by atoms with van der Waals surface area (Å²) in [6, 6.07) is 13.7. The molecule has 0 bridgehead atoms. The number of ether oxygens (including phenoxy) is 3. The average molecular weight is 500 g/mol. The van der Waals surface area contributed by atoms with E-state index in [1.807, 2.05) is 38.1 Å². The van der Waals surface area contributed by atoms with Crippen molar-refractivity contribution in [1.29, 1.82) is 0 Å². The molecule has 3 aromatic carbocycles. The van der Waals surface area contributed by atoms with E-state index < -0.39 is 23.7 Å². The number of fused-ring (bicyclic) bond motifs is 1. The summed E-state index contributed by atoms with van der Waals surface area (Å²) in [5, 5.41) is 0. The largest absolute Gasteiger partial charge is 0.493 e. The number of hydrogen-bond donors (Lipinski definition) is 0. The van der Waals surface area contributed by atoms with Gasteiger partial charge in [0.05, 0.1) is 31.4 Å². The second-order valence-corrected chi connectivity index (χ2v) is 8.85. The maximum Gasteiger partial charge on any atom is 0.417 e. The summed E-state index contributed by atoms with van der Waals surface area (Å²) in [5.41, 5.74) is 2.38. The number of hydrogen-bond acceptors (Lipinski definition) is 4. The summed E-state index contributed by atoms with van der Waals surface area (Å²) >= 11 is 0. The van der Waals surface area contributed by atoms with Crippen molar-refractivity contribution in [3.8, 4) is 17.2 Å². The van der Waals surface area contributed by atoms with Gasteiger partial charge in [0.1, 0.15) is 12.4 Å². The SMILES string of the molecule is COc1cc2c(cc1OC)C(COc1cc(C)cc(C)c1)N(C(=O)c1ccccc1C(F)(F)F)CC2. The number of benzene rings is 3. The second-order valence-electron chi connectivity index (χ2n) is 8.85. The smallest absolute Gasteiger partial charge is 0.417 e. The molecule has 8 heteroatoms. The van der Waals surface area contributed by atoms with Gasteiger partial charge in [-0.05, 0) is 78.9 Å². The van der Waals surface area contributed by atoms with Crippen molar-refractivity contribution in [3.63, 3.8) is 0 Å². The molecule has 0 aromatic heterocycles. The molecule has 0 radical (unpaired) electrons. The molecule has 1 unspecified atom stereocenters. The number of carbonyl (C=O) groups excluding carboxylic acids is 1. The van der Waals surface area contributed by atoms with Gasteiger partial charge in [-0.25, -0.2) is 0 Å². The molecule has 1 atom stereocenters. The zero-order chi connectivity index (χ0) is 26.0. The maximum absolute atomic E-state index is 13.7. The fourth-order valence-corrected chi connectivity index (χ4v) is 4.71. The maximum atomic E-state index is 13.7. The van der Waals surface area contributed by atoms with E-state index in [2.05, 4.69) is 0 Å². The lowest BCUT2D eigenvalue weighted by atomic mass is 9.91. The van der Waals surface area contributed by atoms with Crippen LogP contribution in [0.25, 0.3) is 0 Å². The van der Waals surface area contributed by atoms with Gasteiger partial charge >= 0.3 is 6.18 Å². The van der Waals surface area contributed by atoms with Crippen LogP contribution in [0.5, 0.6) is 17.2 Å². The summed E-state index contributed by atoms with van der Waals surface area (Å²) < 4.78 is 58.2. The number of aryl methyl sites for hydroxylation is 2. The lowest BCUT2D eigenvalue weighted by molar-refractivity contribution is -0.138. The molecule has 0 spiro atoms. The molecule has 0 saturated carbocycles. The molecular formula is C28H28F3NO4. The second kappa shape index (κ2) is 10.1. The normalized spacial score (nSPS) is 15.3. The van der Waals surface area contributed by atoms with E-state index in [1.165, 1.54) is 37.3 Å². The van der Waals surface area contributed by atoms with E-state index in [1.54, 1.807) is 6.07 Å². The Bertz CT molecular complexity index is 1250. The van der Waals surface area contributed by atoms with Crippen LogP contribution < -0.4 is 14.2 Å². The summed E-state index contributed by atoms with van der Waals surface area (Å²) in [5.74, 6) is 0.950. The molecule has 1 aliphatic heterocycles. The summed E-state index contributed by atoms with van der Waals surface area (Å²) in [4.78, 5) is 15.1. The summed E-state index contributed by atoms with van der Waals surface area (Å²) in [6.45, 7) is 4.20. The van der Waals surface area contributed by atoms with Crippen molar-refractivity contribution in [1.82, 2.24) is 4.90 Å². The van der Waals surface area contributed by atoms with Crippen LogP contribution in [-0.2, 0) is 12.6 Å². The highest BCUT2D eigenvalue weighted by atomic mass is 19.4. The van der Waals surface area contributed by atoms with E-state index in [0.29, 0.717) is 23.7 Å². The Kier molecular flexibility index (Phi) is 7.15. The van der Waals surface area contributed by atoms with Crippen molar-refractivity contribution in [2.24, 2.45) is 0 Å². The highest BCUT2D eigenvalue weighted by molar-refractivity contribution is 5.96. The molecule has 190 valence electrons. The van der Waals surface area contributed by atoms with Gasteiger partial charge in [-0.1, -0.05) is 18.2 Å². The topological polar surface area (TPSA) is 48.0 Å². The Labute approximate surface area is 208 Å². The van der Waals surface area contributed by atoms with E-state index in [9.17, 15) is 18.0 Å². The number of methoxy groups -OCH3 is 2. The van der Waals surface area contributed by atoms with Gasteiger partial charge in [-0.15, -0.1) is 0 Å². The fraction of sp³-hybridized carbons (Fsp3) is 0.321. The molecule has 0 aliphatic carbocycles. The van der Waals surface area contributed by atoms with Gasteiger partial charge in [-0.2, -0.15) is 13.2 Å². The average Bonchev–Trinajstić information content (AvgIpc) is 2.84. The lowest BCUT2D eigenvalue weighted by Gasteiger charge is -2.38. The minimum absolute atomic E-state index is 0.0608. The van der Waals surface area contributed by atoms with Gasteiger partial charge in [-0.3, -0.25) is 4.79 Å². The van der Waals surface area contributed by atoms with Crippen molar-refractivity contribution in [3.05, 3.63) is 88.0 Å². The first kappa shape index (κ1) is 25.4. The van der Waals surface area contributed by atoms with Gasteiger partial charge < -0.3 is 19.1 Å². The van der Waals surface area contributed by atoms with Crippen molar-refractivity contribution < 1.29 is 32.2 Å². The van der Waals surface area contributed by atoms with Crippen LogP contribution in [0.2, 0.25) is 0 Å². The monoisotopic (exact) mass is 499 g/mol. The fourth-order valence-electron chi connectivity index (χ4n) is 4.71. The highest BCUT2D eigenvalue weighted by Gasteiger charge is 2.39. The minimum atomic E-state index is -4.65. The number of nitrogens with zero attached hydrogens (tertiary/aromatic N) is 1. The molecular weight excluding hydrogens is 471 g/mol. The Morgan fingerprint density at radius 2 is 1.61 bits per heavy atom. The number of amides is 1. The lowest BCUT2D eigenvalue weighted by Crippen LogP contribution is -2.43. The summed E-state index contributed by atoms with van der Waals surface area (Å²) in [6.07, 6.45) is -4.20. The van der Waals surface area contributed by atoms with Crippen LogP contribution in [0.4, 0.5) is 13.2 Å². The van der Waals surface area contributed by atoms with Crippen LogP contribution in [0.1, 0.15) is 44.2 Å². The zero-order valence-electron chi connectivity index (χ0n) is 20.6.